The number of nitrogens with one attached hydrogen (secondary N) is 1. The first-order valence-corrected chi connectivity index (χ1v) is 4.10. The van der Waals surface area contributed by atoms with Crippen molar-refractivity contribution in [1.29, 1.82) is 0 Å². The summed E-state index contributed by atoms with van der Waals surface area (Å²) in [5, 5.41) is 3.36. The van der Waals surface area contributed by atoms with Gasteiger partial charge in [0.05, 0.1) is 0 Å². The van der Waals surface area contributed by atoms with Crippen LogP contribution in [0.4, 0.5) is 0 Å². The standard InChI is InChI=1S/C10H21N/c1-8(2)11-10(6,7)9(3,4)5/h11H,1H2,2-7H3. The van der Waals surface area contributed by atoms with E-state index in [2.05, 4.69) is 46.5 Å². The molecule has 0 saturated carbocycles. The average molecular weight is 155 g/mol. The lowest BCUT2D eigenvalue weighted by Gasteiger charge is -2.40. The van der Waals surface area contributed by atoms with Crippen molar-refractivity contribution in [3.05, 3.63) is 12.3 Å². The Balaban J connectivity index is 4.34. The van der Waals surface area contributed by atoms with Crippen LogP contribution in [0.2, 0.25) is 0 Å². The Morgan fingerprint density at radius 1 is 1.09 bits per heavy atom. The molecule has 0 heterocycles. The lowest BCUT2D eigenvalue weighted by Crippen LogP contribution is -2.48. The molecule has 0 aromatic carbocycles. The molecule has 0 amide bonds. The Morgan fingerprint density at radius 3 is 1.55 bits per heavy atom. The molecule has 0 bridgehead atoms. The zero-order valence-electron chi connectivity index (χ0n) is 8.71. The first-order valence-electron chi connectivity index (χ1n) is 4.10. The smallest absolute Gasteiger partial charge is 0.0362 e. The molecule has 0 aliphatic rings. The first-order chi connectivity index (χ1) is 4.67. The third-order valence-electron chi connectivity index (χ3n) is 2.40. The van der Waals surface area contributed by atoms with Gasteiger partial charge in [-0.2, -0.15) is 0 Å². The summed E-state index contributed by atoms with van der Waals surface area (Å²) in [7, 11) is 0. The molecule has 0 spiro atoms. The van der Waals surface area contributed by atoms with Gasteiger partial charge in [0.2, 0.25) is 0 Å². The molecule has 0 atom stereocenters. The Hall–Kier alpha value is -0.460. The second-order valence-electron chi connectivity index (χ2n) is 4.78. The molecule has 0 rings (SSSR count). The maximum Gasteiger partial charge on any atom is 0.0362 e. The van der Waals surface area contributed by atoms with Crippen molar-refractivity contribution in [2.75, 3.05) is 0 Å². The molecule has 66 valence electrons. The SMILES string of the molecule is C=C(C)NC(C)(C)C(C)(C)C. The Morgan fingerprint density at radius 2 is 1.45 bits per heavy atom. The maximum absolute atomic E-state index is 3.84. The van der Waals surface area contributed by atoms with E-state index in [-0.39, 0.29) is 11.0 Å². The third kappa shape index (κ3) is 2.96. The van der Waals surface area contributed by atoms with Crippen LogP contribution in [-0.4, -0.2) is 5.54 Å². The van der Waals surface area contributed by atoms with Crippen molar-refractivity contribution >= 4 is 0 Å². The topological polar surface area (TPSA) is 12.0 Å². The Bertz CT molecular complexity index is 149. The van der Waals surface area contributed by atoms with Crippen LogP contribution >= 0.6 is 0 Å². The van der Waals surface area contributed by atoms with E-state index in [1.54, 1.807) is 0 Å². The zero-order valence-corrected chi connectivity index (χ0v) is 8.71. The minimum Gasteiger partial charge on any atom is -0.384 e. The summed E-state index contributed by atoms with van der Waals surface area (Å²) in [6, 6.07) is 0. The summed E-state index contributed by atoms with van der Waals surface area (Å²) in [4.78, 5) is 0. The fourth-order valence-electron chi connectivity index (χ4n) is 0.721. The zero-order chi connectivity index (χ0) is 9.28. The highest BCUT2D eigenvalue weighted by atomic mass is 15.0. The van der Waals surface area contributed by atoms with Gasteiger partial charge in [-0.05, 0) is 26.2 Å². The van der Waals surface area contributed by atoms with Crippen LogP contribution in [0, 0.1) is 5.41 Å². The van der Waals surface area contributed by atoms with Gasteiger partial charge in [0, 0.05) is 11.2 Å². The summed E-state index contributed by atoms with van der Waals surface area (Å²) in [6.07, 6.45) is 0. The fraction of sp³-hybridized carbons (Fsp3) is 0.800. The van der Waals surface area contributed by atoms with Crippen LogP contribution in [0.3, 0.4) is 0 Å². The van der Waals surface area contributed by atoms with Crippen LogP contribution < -0.4 is 5.32 Å². The molecule has 0 aliphatic heterocycles. The van der Waals surface area contributed by atoms with E-state index >= 15 is 0 Å². The van der Waals surface area contributed by atoms with E-state index < -0.39 is 0 Å². The van der Waals surface area contributed by atoms with Crippen molar-refractivity contribution < 1.29 is 0 Å². The quantitative estimate of drug-likeness (QED) is 0.646. The van der Waals surface area contributed by atoms with E-state index in [1.807, 2.05) is 6.92 Å². The van der Waals surface area contributed by atoms with Crippen molar-refractivity contribution in [3.8, 4) is 0 Å². The van der Waals surface area contributed by atoms with E-state index in [4.69, 9.17) is 0 Å². The minimum absolute atomic E-state index is 0.110. The van der Waals surface area contributed by atoms with Gasteiger partial charge in [0.15, 0.2) is 0 Å². The molecule has 0 radical (unpaired) electrons. The predicted octanol–water partition coefficient (Wildman–Crippen LogP) is 2.93. The van der Waals surface area contributed by atoms with Crippen molar-refractivity contribution in [2.24, 2.45) is 5.41 Å². The number of hydrogen-bond donors (Lipinski definition) is 1. The van der Waals surface area contributed by atoms with Gasteiger partial charge < -0.3 is 5.32 Å². The van der Waals surface area contributed by atoms with Gasteiger partial charge in [0.1, 0.15) is 0 Å². The minimum atomic E-state index is 0.110. The first kappa shape index (κ1) is 10.5. The summed E-state index contributed by atoms with van der Waals surface area (Å²) in [6.45, 7) is 16.9. The molecule has 1 nitrogen and oxygen atoms in total. The summed E-state index contributed by atoms with van der Waals surface area (Å²) < 4.78 is 0. The number of allylic oxidation sites excluding steroid dienone is 1. The molecular formula is C10H21N. The summed E-state index contributed by atoms with van der Waals surface area (Å²) in [5.74, 6) is 0. The predicted molar refractivity (Wildman–Crippen MR) is 51.5 cm³/mol. The van der Waals surface area contributed by atoms with E-state index in [0.717, 1.165) is 5.70 Å². The second-order valence-corrected chi connectivity index (χ2v) is 4.78. The normalized spacial score (nSPS) is 12.9. The highest BCUT2D eigenvalue weighted by Gasteiger charge is 2.31. The average Bonchev–Trinajstić information content (AvgIpc) is 1.56. The lowest BCUT2D eigenvalue weighted by molar-refractivity contribution is 0.192. The molecule has 0 unspecified atom stereocenters. The van der Waals surface area contributed by atoms with Gasteiger partial charge in [-0.1, -0.05) is 27.4 Å². The summed E-state index contributed by atoms with van der Waals surface area (Å²) >= 11 is 0. The van der Waals surface area contributed by atoms with Crippen LogP contribution in [0.5, 0.6) is 0 Å². The van der Waals surface area contributed by atoms with E-state index in [9.17, 15) is 0 Å². The molecule has 1 N–H and O–H groups in total. The molecule has 1 heteroatoms. The van der Waals surface area contributed by atoms with E-state index in [0.29, 0.717) is 0 Å². The molecule has 0 fully saturated rings. The fourth-order valence-corrected chi connectivity index (χ4v) is 0.721. The van der Waals surface area contributed by atoms with Crippen LogP contribution in [0.25, 0.3) is 0 Å². The molecular weight excluding hydrogens is 134 g/mol. The van der Waals surface area contributed by atoms with Crippen LogP contribution in [0.15, 0.2) is 12.3 Å². The van der Waals surface area contributed by atoms with E-state index in [1.165, 1.54) is 0 Å². The molecule has 0 saturated heterocycles. The maximum atomic E-state index is 3.84. The van der Waals surface area contributed by atoms with Gasteiger partial charge in [-0.3, -0.25) is 0 Å². The van der Waals surface area contributed by atoms with Gasteiger partial charge in [-0.15, -0.1) is 0 Å². The second kappa shape index (κ2) is 2.88. The molecule has 0 aliphatic carbocycles. The van der Waals surface area contributed by atoms with Gasteiger partial charge >= 0.3 is 0 Å². The Kier molecular flexibility index (Phi) is 2.76. The molecule has 0 aromatic rings. The third-order valence-corrected chi connectivity index (χ3v) is 2.40. The monoisotopic (exact) mass is 155 g/mol. The highest BCUT2D eigenvalue weighted by Crippen LogP contribution is 2.29. The number of hydrogen-bond acceptors (Lipinski definition) is 1. The van der Waals surface area contributed by atoms with Crippen molar-refractivity contribution in [2.45, 2.75) is 47.1 Å². The lowest BCUT2D eigenvalue weighted by atomic mass is 9.76. The Labute approximate surface area is 70.9 Å². The van der Waals surface area contributed by atoms with Crippen molar-refractivity contribution in [1.82, 2.24) is 5.32 Å². The van der Waals surface area contributed by atoms with Crippen LogP contribution in [0.1, 0.15) is 41.5 Å². The highest BCUT2D eigenvalue weighted by molar-refractivity contribution is 4.99. The molecule has 0 aromatic heterocycles. The van der Waals surface area contributed by atoms with Crippen molar-refractivity contribution in [3.63, 3.8) is 0 Å². The number of rotatable bonds is 2. The van der Waals surface area contributed by atoms with Crippen LogP contribution in [-0.2, 0) is 0 Å². The summed E-state index contributed by atoms with van der Waals surface area (Å²) in [5.41, 5.74) is 1.40. The van der Waals surface area contributed by atoms with Gasteiger partial charge in [0.25, 0.3) is 0 Å². The van der Waals surface area contributed by atoms with Gasteiger partial charge in [-0.25, -0.2) is 0 Å². The largest absolute Gasteiger partial charge is 0.384 e. The molecule has 11 heavy (non-hydrogen) atoms.